The Hall–Kier alpha value is -0.620. The SMILES string of the molecule is COCCNC(=O)CNC1CCc2sc(Cl)cc21. The zero-order valence-corrected chi connectivity index (χ0v) is 11.9. The number of rotatable bonds is 6. The van der Waals surface area contributed by atoms with Gasteiger partial charge in [0.05, 0.1) is 17.5 Å². The van der Waals surface area contributed by atoms with Gasteiger partial charge in [-0.05, 0) is 24.5 Å². The Bertz CT molecular complexity index is 422. The molecular weight excluding hydrogens is 272 g/mol. The van der Waals surface area contributed by atoms with Crippen LogP contribution in [0.15, 0.2) is 6.07 Å². The molecule has 1 atom stereocenters. The van der Waals surface area contributed by atoms with Crippen molar-refractivity contribution in [2.45, 2.75) is 18.9 Å². The summed E-state index contributed by atoms with van der Waals surface area (Å²) in [5.41, 5.74) is 1.26. The summed E-state index contributed by atoms with van der Waals surface area (Å²) in [7, 11) is 1.62. The van der Waals surface area contributed by atoms with Gasteiger partial charge in [-0.2, -0.15) is 0 Å². The van der Waals surface area contributed by atoms with E-state index in [1.807, 2.05) is 6.07 Å². The third-order valence-corrected chi connectivity index (χ3v) is 4.32. The third kappa shape index (κ3) is 3.45. The monoisotopic (exact) mass is 288 g/mol. The second-order valence-electron chi connectivity index (χ2n) is 4.24. The van der Waals surface area contributed by atoms with Crippen LogP contribution in [0, 0.1) is 0 Å². The smallest absolute Gasteiger partial charge is 0.234 e. The van der Waals surface area contributed by atoms with Gasteiger partial charge < -0.3 is 15.4 Å². The van der Waals surface area contributed by atoms with Crippen molar-refractivity contribution in [2.24, 2.45) is 0 Å². The van der Waals surface area contributed by atoms with Crippen molar-refractivity contribution in [3.63, 3.8) is 0 Å². The molecule has 1 aliphatic carbocycles. The summed E-state index contributed by atoms with van der Waals surface area (Å²) >= 11 is 7.63. The number of hydrogen-bond acceptors (Lipinski definition) is 4. The molecule has 0 aromatic carbocycles. The first kappa shape index (κ1) is 13.8. The third-order valence-electron chi connectivity index (χ3n) is 2.98. The summed E-state index contributed by atoms with van der Waals surface area (Å²) in [6.45, 7) is 1.43. The Labute approximate surface area is 116 Å². The number of thiophene rings is 1. The Morgan fingerprint density at radius 3 is 3.28 bits per heavy atom. The number of fused-ring (bicyclic) bond motifs is 1. The van der Waals surface area contributed by atoms with Gasteiger partial charge in [0, 0.05) is 24.6 Å². The molecular formula is C12H17ClN2O2S. The minimum absolute atomic E-state index is 0.00169. The second-order valence-corrected chi connectivity index (χ2v) is 6.01. The van der Waals surface area contributed by atoms with Crippen molar-refractivity contribution in [1.29, 1.82) is 0 Å². The summed E-state index contributed by atoms with van der Waals surface area (Å²) in [6.07, 6.45) is 2.10. The zero-order chi connectivity index (χ0) is 13.0. The quantitative estimate of drug-likeness (QED) is 0.784. The van der Waals surface area contributed by atoms with Crippen LogP contribution in [0.2, 0.25) is 4.34 Å². The summed E-state index contributed by atoms with van der Waals surface area (Å²) in [6, 6.07) is 2.27. The summed E-state index contributed by atoms with van der Waals surface area (Å²) < 4.78 is 5.70. The van der Waals surface area contributed by atoms with Gasteiger partial charge >= 0.3 is 0 Å². The fraction of sp³-hybridized carbons (Fsp3) is 0.583. The number of aryl methyl sites for hydroxylation is 1. The van der Waals surface area contributed by atoms with E-state index in [-0.39, 0.29) is 11.9 Å². The maximum absolute atomic E-state index is 11.5. The molecule has 18 heavy (non-hydrogen) atoms. The van der Waals surface area contributed by atoms with E-state index < -0.39 is 0 Å². The average Bonchev–Trinajstić information content (AvgIpc) is 2.86. The largest absolute Gasteiger partial charge is 0.383 e. The predicted molar refractivity (Wildman–Crippen MR) is 73.3 cm³/mol. The predicted octanol–water partition coefficient (Wildman–Crippen LogP) is 1.74. The molecule has 1 heterocycles. The molecule has 4 nitrogen and oxygen atoms in total. The van der Waals surface area contributed by atoms with Gasteiger partial charge in [-0.1, -0.05) is 11.6 Å². The Morgan fingerprint density at radius 2 is 2.50 bits per heavy atom. The van der Waals surface area contributed by atoms with Gasteiger partial charge in [-0.15, -0.1) is 11.3 Å². The van der Waals surface area contributed by atoms with Crippen molar-refractivity contribution in [3.05, 3.63) is 20.8 Å². The zero-order valence-electron chi connectivity index (χ0n) is 10.3. The van der Waals surface area contributed by atoms with Gasteiger partial charge in [0.15, 0.2) is 0 Å². The van der Waals surface area contributed by atoms with Gasteiger partial charge in [-0.3, -0.25) is 4.79 Å². The number of methoxy groups -OCH3 is 1. The number of carbonyl (C=O) groups excluding carboxylic acids is 1. The van der Waals surface area contributed by atoms with E-state index in [2.05, 4.69) is 10.6 Å². The van der Waals surface area contributed by atoms with Crippen LogP contribution in [-0.4, -0.2) is 32.7 Å². The van der Waals surface area contributed by atoms with Crippen molar-refractivity contribution in [2.75, 3.05) is 26.8 Å². The van der Waals surface area contributed by atoms with Crippen LogP contribution in [0.4, 0.5) is 0 Å². The molecule has 1 aliphatic rings. The fourth-order valence-corrected chi connectivity index (χ4v) is 3.47. The number of halogens is 1. The molecule has 0 saturated carbocycles. The maximum Gasteiger partial charge on any atom is 0.234 e. The first-order valence-electron chi connectivity index (χ1n) is 5.98. The highest BCUT2D eigenvalue weighted by Gasteiger charge is 2.24. The molecule has 0 radical (unpaired) electrons. The Balaban J connectivity index is 1.76. The fourth-order valence-electron chi connectivity index (χ4n) is 2.11. The van der Waals surface area contributed by atoms with E-state index in [1.165, 1.54) is 10.4 Å². The number of carbonyl (C=O) groups is 1. The van der Waals surface area contributed by atoms with E-state index in [4.69, 9.17) is 16.3 Å². The van der Waals surface area contributed by atoms with Gasteiger partial charge in [-0.25, -0.2) is 0 Å². The maximum atomic E-state index is 11.5. The number of amides is 1. The Kier molecular flexibility index (Phi) is 5.00. The molecule has 0 spiro atoms. The van der Waals surface area contributed by atoms with E-state index in [9.17, 15) is 4.79 Å². The molecule has 0 bridgehead atoms. The van der Waals surface area contributed by atoms with E-state index in [0.717, 1.165) is 17.2 Å². The lowest BCUT2D eigenvalue weighted by molar-refractivity contribution is -0.120. The Morgan fingerprint density at radius 1 is 1.67 bits per heavy atom. The molecule has 2 N–H and O–H groups in total. The number of ether oxygens (including phenoxy) is 1. The van der Waals surface area contributed by atoms with E-state index in [0.29, 0.717) is 19.7 Å². The summed E-state index contributed by atoms with van der Waals surface area (Å²) in [4.78, 5) is 12.9. The first-order valence-corrected chi connectivity index (χ1v) is 7.17. The lowest BCUT2D eigenvalue weighted by Crippen LogP contribution is -2.36. The number of nitrogens with one attached hydrogen (secondary N) is 2. The minimum Gasteiger partial charge on any atom is -0.383 e. The second kappa shape index (κ2) is 6.52. The molecule has 6 heteroatoms. The lowest BCUT2D eigenvalue weighted by Gasteiger charge is -2.12. The highest BCUT2D eigenvalue weighted by molar-refractivity contribution is 7.16. The van der Waals surface area contributed by atoms with Crippen molar-refractivity contribution < 1.29 is 9.53 Å². The van der Waals surface area contributed by atoms with Crippen LogP contribution < -0.4 is 10.6 Å². The van der Waals surface area contributed by atoms with Gasteiger partial charge in [0.2, 0.25) is 5.91 Å². The van der Waals surface area contributed by atoms with Crippen molar-refractivity contribution in [1.82, 2.24) is 10.6 Å². The minimum atomic E-state index is 0.00169. The molecule has 0 aliphatic heterocycles. The van der Waals surface area contributed by atoms with Crippen LogP contribution in [0.1, 0.15) is 22.9 Å². The molecule has 1 aromatic heterocycles. The highest BCUT2D eigenvalue weighted by Crippen LogP contribution is 2.39. The molecule has 100 valence electrons. The van der Waals surface area contributed by atoms with Crippen molar-refractivity contribution >= 4 is 28.8 Å². The van der Waals surface area contributed by atoms with E-state index >= 15 is 0 Å². The van der Waals surface area contributed by atoms with Crippen LogP contribution >= 0.6 is 22.9 Å². The molecule has 1 amide bonds. The van der Waals surface area contributed by atoms with Gasteiger partial charge in [0.1, 0.15) is 0 Å². The van der Waals surface area contributed by atoms with Crippen LogP contribution in [0.25, 0.3) is 0 Å². The van der Waals surface area contributed by atoms with Crippen LogP contribution in [0.3, 0.4) is 0 Å². The first-order chi connectivity index (χ1) is 8.70. The standard InChI is InChI=1S/C12H17ClN2O2S/c1-17-5-4-14-12(16)7-15-9-2-3-10-8(9)6-11(13)18-10/h6,9,15H,2-5,7H2,1H3,(H,14,16). The summed E-state index contributed by atoms with van der Waals surface area (Å²) in [5.74, 6) is 0.00169. The molecule has 1 unspecified atom stereocenters. The topological polar surface area (TPSA) is 50.4 Å². The molecule has 2 rings (SSSR count). The normalized spacial score (nSPS) is 17.8. The van der Waals surface area contributed by atoms with Gasteiger partial charge in [0.25, 0.3) is 0 Å². The highest BCUT2D eigenvalue weighted by atomic mass is 35.5. The number of hydrogen-bond donors (Lipinski definition) is 2. The van der Waals surface area contributed by atoms with Crippen LogP contribution in [-0.2, 0) is 16.0 Å². The molecule has 0 saturated heterocycles. The lowest BCUT2D eigenvalue weighted by atomic mass is 10.2. The molecule has 1 aromatic rings. The van der Waals surface area contributed by atoms with E-state index in [1.54, 1.807) is 18.4 Å². The average molecular weight is 289 g/mol. The molecule has 0 fully saturated rings. The summed E-state index contributed by atoms with van der Waals surface area (Å²) in [5, 5.41) is 6.06. The van der Waals surface area contributed by atoms with Crippen molar-refractivity contribution in [3.8, 4) is 0 Å². The van der Waals surface area contributed by atoms with Crippen LogP contribution in [0.5, 0.6) is 0 Å².